The van der Waals surface area contributed by atoms with Gasteiger partial charge in [-0.15, -0.1) is 0 Å². The average molecular weight is 344 g/mol. The fourth-order valence-electron chi connectivity index (χ4n) is 0. The molecule has 0 amide bonds. The van der Waals surface area contributed by atoms with Gasteiger partial charge in [0.1, 0.15) is 0 Å². The summed E-state index contributed by atoms with van der Waals surface area (Å²) < 4.78 is 0. The molecule has 0 aromatic rings. The van der Waals surface area contributed by atoms with Crippen LogP contribution >= 0.6 is 40.3 Å². The van der Waals surface area contributed by atoms with Crippen LogP contribution in [0.5, 0.6) is 0 Å². The van der Waals surface area contributed by atoms with Crippen molar-refractivity contribution in [2.24, 2.45) is 0 Å². The van der Waals surface area contributed by atoms with Crippen LogP contribution in [0.3, 0.4) is 0 Å². The predicted molar refractivity (Wildman–Crippen MR) is 39.7 cm³/mol. The van der Waals surface area contributed by atoms with Crippen LogP contribution in [0.2, 0.25) is 5.71 Å². The van der Waals surface area contributed by atoms with Gasteiger partial charge in [0, 0.05) is 0 Å². The van der Waals surface area contributed by atoms with Crippen molar-refractivity contribution in [1.82, 2.24) is 0 Å². The SMILES string of the molecule is C[As](I)I. The van der Waals surface area contributed by atoms with E-state index in [4.69, 9.17) is 0 Å². The Bertz CT molecular complexity index is 10.8. The van der Waals surface area contributed by atoms with E-state index >= 15 is 0 Å². The molecule has 0 aromatic heterocycles. The minimum absolute atomic E-state index is 0.248. The predicted octanol–water partition coefficient (Wildman–Crippen LogP) is 1.97. The molecule has 0 spiro atoms. The normalized spacial score (nSPS) is 9.00. The molecule has 3 heteroatoms. The Hall–Kier alpha value is 2.02. The summed E-state index contributed by atoms with van der Waals surface area (Å²) in [6.45, 7) is 0. The minimum atomic E-state index is -0.248. The van der Waals surface area contributed by atoms with Crippen LogP contribution in [0.4, 0.5) is 0 Å². The van der Waals surface area contributed by atoms with E-state index in [1.165, 1.54) is 0 Å². The zero-order valence-electron chi connectivity index (χ0n) is 2.20. The Labute approximate surface area is 53.1 Å². The second-order valence-electron chi connectivity index (χ2n) is 0.402. The second-order valence-corrected chi connectivity index (χ2v) is 26.7. The molecule has 0 nitrogen and oxygen atoms in total. The van der Waals surface area contributed by atoms with Gasteiger partial charge in [-0.2, -0.15) is 0 Å². The summed E-state index contributed by atoms with van der Waals surface area (Å²) >= 11 is 4.95. The molecule has 0 atom stereocenters. The van der Waals surface area contributed by atoms with Gasteiger partial charge in [-0.1, -0.05) is 0 Å². The van der Waals surface area contributed by atoms with Gasteiger partial charge in [0.25, 0.3) is 0 Å². The molecule has 0 aromatic carbocycles. The molecule has 0 heterocycles. The van der Waals surface area contributed by atoms with Crippen LogP contribution in [-0.4, -0.2) is 7.95 Å². The first-order valence-electron chi connectivity index (χ1n) is 0.785. The molecule has 0 radical (unpaired) electrons. The fraction of sp³-hybridized carbons (Fsp3) is 1.00. The van der Waals surface area contributed by atoms with Crippen LogP contribution in [0.15, 0.2) is 0 Å². The van der Waals surface area contributed by atoms with Crippen LogP contribution in [-0.2, 0) is 0 Å². The van der Waals surface area contributed by atoms with E-state index in [0.29, 0.717) is 0 Å². The van der Waals surface area contributed by atoms with E-state index in [1.807, 2.05) is 0 Å². The summed E-state index contributed by atoms with van der Waals surface area (Å²) in [6, 6.07) is 0. The first kappa shape index (κ1) is 6.02. The Balaban J connectivity index is 2.32. The molecule has 0 unspecified atom stereocenters. The Morgan fingerprint density at radius 2 is 1.50 bits per heavy atom. The van der Waals surface area contributed by atoms with E-state index in [2.05, 4.69) is 46.0 Å². The third-order valence-corrected chi connectivity index (χ3v) is 0. The standard InChI is InChI=1S/CH3AsI2/c1-2(3)4/h1H3. The molecule has 0 saturated heterocycles. The summed E-state index contributed by atoms with van der Waals surface area (Å²) in [5, 5.41) is 0. The average Bonchev–Trinajstić information content (AvgIpc) is 0.811. The van der Waals surface area contributed by atoms with Crippen molar-refractivity contribution in [2.45, 2.75) is 5.71 Å². The van der Waals surface area contributed by atoms with Gasteiger partial charge < -0.3 is 0 Å². The number of hydrogen-bond donors (Lipinski definition) is 0. The van der Waals surface area contributed by atoms with Crippen molar-refractivity contribution < 1.29 is 0 Å². The topological polar surface area (TPSA) is 0 Å². The summed E-state index contributed by atoms with van der Waals surface area (Å²) in [7, 11) is -0.248. The first-order valence-corrected chi connectivity index (χ1v) is 14.1. The van der Waals surface area contributed by atoms with Crippen molar-refractivity contribution >= 4 is 48.2 Å². The molecule has 0 N–H and O–H groups in total. The van der Waals surface area contributed by atoms with Crippen LogP contribution in [0.1, 0.15) is 0 Å². The van der Waals surface area contributed by atoms with E-state index < -0.39 is 0 Å². The molecular weight excluding hydrogens is 341 g/mol. The number of hydrogen-bond acceptors (Lipinski definition) is 0. The van der Waals surface area contributed by atoms with E-state index in [-0.39, 0.29) is 7.95 Å². The van der Waals surface area contributed by atoms with Crippen molar-refractivity contribution in [3.8, 4) is 0 Å². The number of rotatable bonds is 0. The van der Waals surface area contributed by atoms with Gasteiger partial charge in [0.15, 0.2) is 0 Å². The first-order chi connectivity index (χ1) is 1.73. The van der Waals surface area contributed by atoms with Gasteiger partial charge in [0.05, 0.1) is 0 Å². The molecule has 0 aliphatic rings. The van der Waals surface area contributed by atoms with Gasteiger partial charge in [-0.05, 0) is 0 Å². The van der Waals surface area contributed by atoms with Crippen LogP contribution in [0.25, 0.3) is 0 Å². The van der Waals surface area contributed by atoms with Crippen molar-refractivity contribution in [3.63, 3.8) is 0 Å². The summed E-state index contributed by atoms with van der Waals surface area (Å²) in [4.78, 5) is 0. The number of halogens is 2. The summed E-state index contributed by atoms with van der Waals surface area (Å²) in [6.07, 6.45) is 0. The fourth-order valence-corrected chi connectivity index (χ4v) is 0. The zero-order chi connectivity index (χ0) is 3.58. The maximum absolute atomic E-state index is 2.48. The molecular formula is CH3AsI2. The Morgan fingerprint density at radius 1 is 1.50 bits per heavy atom. The second kappa shape index (κ2) is 3.22. The molecule has 0 saturated carbocycles. The van der Waals surface area contributed by atoms with Gasteiger partial charge in [-0.3, -0.25) is 0 Å². The van der Waals surface area contributed by atoms with Gasteiger partial charge in [0.2, 0.25) is 0 Å². The van der Waals surface area contributed by atoms with Crippen LogP contribution in [0, 0.1) is 0 Å². The van der Waals surface area contributed by atoms with Crippen molar-refractivity contribution in [1.29, 1.82) is 0 Å². The molecule has 0 bridgehead atoms. The zero-order valence-corrected chi connectivity index (χ0v) is 8.39. The van der Waals surface area contributed by atoms with E-state index in [0.717, 1.165) is 0 Å². The third kappa shape index (κ3) is 8.99. The van der Waals surface area contributed by atoms with Crippen molar-refractivity contribution in [2.75, 3.05) is 0 Å². The Kier molecular flexibility index (Phi) is 4.84. The monoisotopic (exact) mass is 344 g/mol. The maximum atomic E-state index is 2.48. The molecule has 0 aliphatic carbocycles. The quantitative estimate of drug-likeness (QED) is 0.466. The third-order valence-electron chi connectivity index (χ3n) is 0. The van der Waals surface area contributed by atoms with Crippen molar-refractivity contribution in [3.05, 3.63) is 0 Å². The van der Waals surface area contributed by atoms with Crippen LogP contribution < -0.4 is 0 Å². The van der Waals surface area contributed by atoms with E-state index in [1.54, 1.807) is 0 Å². The van der Waals surface area contributed by atoms with Gasteiger partial charge in [-0.25, -0.2) is 0 Å². The van der Waals surface area contributed by atoms with E-state index in [9.17, 15) is 0 Å². The summed E-state index contributed by atoms with van der Waals surface area (Å²) in [5.41, 5.74) is 2.29. The molecule has 26 valence electrons. The molecule has 4 heavy (non-hydrogen) atoms. The Morgan fingerprint density at radius 3 is 1.50 bits per heavy atom. The van der Waals surface area contributed by atoms with Gasteiger partial charge >= 0.3 is 53.9 Å². The summed E-state index contributed by atoms with van der Waals surface area (Å²) in [5.74, 6) is 0. The molecule has 0 aliphatic heterocycles. The molecule has 0 fully saturated rings. The molecule has 0 rings (SSSR count).